The second-order valence-corrected chi connectivity index (χ2v) is 9.47. The summed E-state index contributed by atoms with van der Waals surface area (Å²) in [7, 11) is -3.54. The highest BCUT2D eigenvalue weighted by molar-refractivity contribution is 7.89. The quantitative estimate of drug-likeness (QED) is 0.701. The number of nitrogens with zero attached hydrogens (tertiary/aromatic N) is 1. The zero-order valence-electron chi connectivity index (χ0n) is 17.5. The first-order chi connectivity index (χ1) is 14.3. The van der Waals surface area contributed by atoms with Gasteiger partial charge in [-0.2, -0.15) is 0 Å². The van der Waals surface area contributed by atoms with Crippen LogP contribution in [-0.4, -0.2) is 25.5 Å². The molecule has 0 radical (unpaired) electrons. The molecule has 0 unspecified atom stereocenters. The van der Waals surface area contributed by atoms with Crippen LogP contribution in [0.4, 0.5) is 5.69 Å². The fraction of sp³-hybridized carbons (Fsp3) is 0.455. The Labute approximate surface area is 178 Å². The van der Waals surface area contributed by atoms with Crippen molar-refractivity contribution in [3.05, 3.63) is 41.3 Å². The summed E-state index contributed by atoms with van der Waals surface area (Å²) < 4.78 is 33.6. The highest BCUT2D eigenvalue weighted by atomic mass is 32.2. The Kier molecular flexibility index (Phi) is 7.44. The molecule has 2 N–H and O–H groups in total. The smallest absolute Gasteiger partial charge is 0.240 e. The number of aromatic nitrogens is 1. The van der Waals surface area contributed by atoms with Crippen molar-refractivity contribution in [1.82, 2.24) is 9.88 Å². The van der Waals surface area contributed by atoms with E-state index >= 15 is 0 Å². The second kappa shape index (κ2) is 10.0. The van der Waals surface area contributed by atoms with Crippen molar-refractivity contribution in [3.63, 3.8) is 0 Å². The molecular formula is C22H29N3O4S. The number of rotatable bonds is 6. The Hall–Kier alpha value is -2.45. The van der Waals surface area contributed by atoms with E-state index in [2.05, 4.69) is 15.2 Å². The van der Waals surface area contributed by atoms with Crippen LogP contribution in [0.25, 0.3) is 12.2 Å². The second-order valence-electron chi connectivity index (χ2n) is 7.75. The maximum absolute atomic E-state index is 12.7. The number of hydrogen-bond acceptors (Lipinski definition) is 5. The topological polar surface area (TPSA) is 101 Å². The van der Waals surface area contributed by atoms with Crippen molar-refractivity contribution < 1.29 is 17.7 Å². The van der Waals surface area contributed by atoms with Gasteiger partial charge in [0.1, 0.15) is 11.4 Å². The molecule has 0 bridgehead atoms. The average molecular weight is 432 g/mol. The van der Waals surface area contributed by atoms with Crippen LogP contribution in [0.5, 0.6) is 0 Å². The maximum Gasteiger partial charge on any atom is 0.240 e. The van der Waals surface area contributed by atoms with Crippen LogP contribution < -0.4 is 10.0 Å². The Morgan fingerprint density at radius 1 is 1.07 bits per heavy atom. The van der Waals surface area contributed by atoms with E-state index in [1.807, 2.05) is 0 Å². The monoisotopic (exact) mass is 431 g/mol. The molecule has 8 heteroatoms. The maximum atomic E-state index is 12.7. The molecule has 0 aliphatic heterocycles. The third kappa shape index (κ3) is 6.03. The van der Waals surface area contributed by atoms with Crippen LogP contribution in [0, 0.1) is 6.92 Å². The summed E-state index contributed by atoms with van der Waals surface area (Å²) in [6, 6.07) is 6.70. The summed E-state index contributed by atoms with van der Waals surface area (Å²) in [6.45, 7) is 3.17. The number of carbonyl (C=O) groups is 1. The van der Waals surface area contributed by atoms with E-state index in [4.69, 9.17) is 4.52 Å². The third-order valence-electron chi connectivity index (χ3n) is 5.23. The van der Waals surface area contributed by atoms with Gasteiger partial charge in [0.05, 0.1) is 4.90 Å². The molecule has 0 spiro atoms. The number of hydrogen-bond donors (Lipinski definition) is 2. The van der Waals surface area contributed by atoms with Crippen LogP contribution in [-0.2, 0) is 14.8 Å². The van der Waals surface area contributed by atoms with Gasteiger partial charge >= 0.3 is 0 Å². The summed E-state index contributed by atoms with van der Waals surface area (Å²) >= 11 is 0. The Bertz CT molecular complexity index is 986. The standard InChI is InChI=1S/C22H29N3O4S/c1-16-22(23-17(2)26)21(29-24-16)15-12-18-10-13-20(14-11-18)30(27,28)25-19-8-6-4-3-5-7-9-19/h10-15,19,25H,3-9H2,1-2H3,(H,23,26). The van der Waals surface area contributed by atoms with Crippen molar-refractivity contribution in [2.45, 2.75) is 69.7 Å². The Morgan fingerprint density at radius 2 is 1.70 bits per heavy atom. The van der Waals surface area contributed by atoms with Gasteiger partial charge in [-0.1, -0.05) is 55.5 Å². The van der Waals surface area contributed by atoms with Crippen LogP contribution in [0.15, 0.2) is 33.7 Å². The third-order valence-corrected chi connectivity index (χ3v) is 6.77. The van der Waals surface area contributed by atoms with Gasteiger partial charge in [0.25, 0.3) is 0 Å². The zero-order chi connectivity index (χ0) is 21.6. The fourth-order valence-electron chi connectivity index (χ4n) is 3.62. The van der Waals surface area contributed by atoms with E-state index in [0.29, 0.717) is 17.1 Å². The number of sulfonamides is 1. The molecule has 30 heavy (non-hydrogen) atoms. The van der Waals surface area contributed by atoms with E-state index in [1.54, 1.807) is 43.3 Å². The van der Waals surface area contributed by atoms with E-state index in [1.165, 1.54) is 26.2 Å². The number of carbonyl (C=O) groups excluding carboxylic acids is 1. The summed E-state index contributed by atoms with van der Waals surface area (Å²) in [6.07, 6.45) is 11.0. The lowest BCUT2D eigenvalue weighted by atomic mass is 9.97. The molecular weight excluding hydrogens is 402 g/mol. The molecule has 1 fully saturated rings. The summed E-state index contributed by atoms with van der Waals surface area (Å²) in [5, 5.41) is 6.57. The largest absolute Gasteiger partial charge is 0.354 e. The lowest BCUT2D eigenvalue weighted by molar-refractivity contribution is -0.114. The predicted octanol–water partition coefficient (Wildman–Crippen LogP) is 4.50. The summed E-state index contributed by atoms with van der Waals surface area (Å²) in [5.74, 6) is 0.229. The lowest BCUT2D eigenvalue weighted by Gasteiger charge is -2.21. The van der Waals surface area contributed by atoms with Gasteiger partial charge in [0.15, 0.2) is 5.76 Å². The molecule has 1 aliphatic carbocycles. The number of aryl methyl sites for hydroxylation is 1. The normalized spacial score (nSPS) is 16.3. The minimum atomic E-state index is -3.54. The molecule has 3 rings (SSSR count). The van der Waals surface area contributed by atoms with E-state index in [9.17, 15) is 13.2 Å². The number of benzene rings is 1. The summed E-state index contributed by atoms with van der Waals surface area (Å²) in [5.41, 5.74) is 1.93. The van der Waals surface area contributed by atoms with Crippen LogP contribution >= 0.6 is 0 Å². The summed E-state index contributed by atoms with van der Waals surface area (Å²) in [4.78, 5) is 11.6. The van der Waals surface area contributed by atoms with Gasteiger partial charge in [-0.15, -0.1) is 0 Å². The molecule has 1 heterocycles. The first kappa shape index (κ1) is 22.2. The van der Waals surface area contributed by atoms with Gasteiger partial charge in [0, 0.05) is 13.0 Å². The average Bonchev–Trinajstić information content (AvgIpc) is 3.01. The molecule has 1 aliphatic rings. The van der Waals surface area contributed by atoms with Crippen LogP contribution in [0.2, 0.25) is 0 Å². The minimum absolute atomic E-state index is 0.0109. The SMILES string of the molecule is CC(=O)Nc1c(C)noc1C=Cc1ccc(S(=O)(=O)NC2CCCCCCC2)cc1. The van der Waals surface area contributed by atoms with Crippen molar-refractivity contribution in [1.29, 1.82) is 0 Å². The highest BCUT2D eigenvalue weighted by Crippen LogP contribution is 2.23. The van der Waals surface area contributed by atoms with E-state index < -0.39 is 10.0 Å². The molecule has 0 saturated heterocycles. The molecule has 162 valence electrons. The highest BCUT2D eigenvalue weighted by Gasteiger charge is 2.20. The van der Waals surface area contributed by atoms with Crippen molar-refractivity contribution >= 4 is 33.8 Å². The predicted molar refractivity (Wildman–Crippen MR) is 117 cm³/mol. The Morgan fingerprint density at radius 3 is 2.33 bits per heavy atom. The molecule has 0 atom stereocenters. The van der Waals surface area contributed by atoms with Gasteiger partial charge in [-0.05, 0) is 43.5 Å². The van der Waals surface area contributed by atoms with Crippen molar-refractivity contribution in [2.75, 3.05) is 5.32 Å². The van der Waals surface area contributed by atoms with E-state index in [0.717, 1.165) is 31.2 Å². The Balaban J connectivity index is 1.68. The number of amides is 1. The number of nitrogens with one attached hydrogen (secondary N) is 2. The molecule has 2 aromatic rings. The van der Waals surface area contributed by atoms with Crippen molar-refractivity contribution in [3.8, 4) is 0 Å². The first-order valence-corrected chi connectivity index (χ1v) is 11.9. The molecule has 1 saturated carbocycles. The molecule has 7 nitrogen and oxygen atoms in total. The van der Waals surface area contributed by atoms with Crippen LogP contribution in [0.3, 0.4) is 0 Å². The minimum Gasteiger partial charge on any atom is -0.354 e. The molecule has 1 aromatic heterocycles. The van der Waals surface area contributed by atoms with Gasteiger partial charge in [-0.3, -0.25) is 4.79 Å². The van der Waals surface area contributed by atoms with Gasteiger partial charge in [0.2, 0.25) is 15.9 Å². The van der Waals surface area contributed by atoms with Crippen LogP contribution in [0.1, 0.15) is 68.9 Å². The lowest BCUT2D eigenvalue weighted by Crippen LogP contribution is -2.35. The molecule has 1 aromatic carbocycles. The van der Waals surface area contributed by atoms with E-state index in [-0.39, 0.29) is 16.8 Å². The van der Waals surface area contributed by atoms with Crippen molar-refractivity contribution in [2.24, 2.45) is 0 Å². The fourth-order valence-corrected chi connectivity index (χ4v) is 4.93. The number of anilines is 1. The van der Waals surface area contributed by atoms with Gasteiger partial charge in [-0.25, -0.2) is 13.1 Å². The zero-order valence-corrected chi connectivity index (χ0v) is 18.3. The van der Waals surface area contributed by atoms with Gasteiger partial charge < -0.3 is 9.84 Å². The molecule has 1 amide bonds. The first-order valence-electron chi connectivity index (χ1n) is 10.4.